The Labute approximate surface area is 116 Å². The van der Waals surface area contributed by atoms with E-state index in [2.05, 4.69) is 10.6 Å². The van der Waals surface area contributed by atoms with Crippen molar-refractivity contribution in [2.24, 2.45) is 5.73 Å². The molecule has 0 saturated heterocycles. The number of ether oxygens (including phenoxy) is 1. The van der Waals surface area contributed by atoms with Crippen LogP contribution in [0.25, 0.3) is 0 Å². The number of carbonyl (C=O) groups is 2. The second kappa shape index (κ2) is 6.85. The van der Waals surface area contributed by atoms with Crippen molar-refractivity contribution in [3.8, 4) is 5.75 Å². The molecule has 0 saturated carbocycles. The maximum absolute atomic E-state index is 13.7. The first-order valence-corrected chi connectivity index (χ1v) is 6.09. The van der Waals surface area contributed by atoms with E-state index in [9.17, 15) is 14.0 Å². The first-order chi connectivity index (χ1) is 9.35. The molecule has 0 heterocycles. The highest BCUT2D eigenvalue weighted by Crippen LogP contribution is 2.21. The second-order valence-corrected chi connectivity index (χ2v) is 4.30. The molecular weight excluding hydrogens is 265 g/mol. The molecule has 1 aromatic rings. The van der Waals surface area contributed by atoms with E-state index in [1.54, 1.807) is 6.92 Å². The minimum Gasteiger partial charge on any atom is -0.481 e. The van der Waals surface area contributed by atoms with Gasteiger partial charge in [-0.05, 0) is 19.9 Å². The molecule has 0 spiro atoms. The van der Waals surface area contributed by atoms with Crippen molar-refractivity contribution in [2.75, 3.05) is 7.05 Å². The summed E-state index contributed by atoms with van der Waals surface area (Å²) < 4.78 is 19.0. The maximum Gasteiger partial charge on any atom is 0.321 e. The predicted molar refractivity (Wildman–Crippen MR) is 71.7 cm³/mol. The Morgan fingerprint density at radius 2 is 2.00 bits per heavy atom. The first-order valence-electron chi connectivity index (χ1n) is 6.09. The highest BCUT2D eigenvalue weighted by molar-refractivity contribution is 5.96. The van der Waals surface area contributed by atoms with E-state index in [4.69, 9.17) is 10.5 Å². The van der Waals surface area contributed by atoms with Gasteiger partial charge in [-0.2, -0.15) is 0 Å². The zero-order valence-corrected chi connectivity index (χ0v) is 11.6. The number of nitrogens with two attached hydrogens (primary N) is 1. The van der Waals surface area contributed by atoms with Gasteiger partial charge in [0.25, 0.3) is 5.91 Å². The molecule has 0 radical (unpaired) electrons. The molecule has 20 heavy (non-hydrogen) atoms. The SMILES string of the molecule is CNC(=O)NC(=O)C(C)Oc1ccc([C@@H](C)N)c(F)c1. The average molecular weight is 283 g/mol. The van der Waals surface area contributed by atoms with Gasteiger partial charge in [0.2, 0.25) is 0 Å². The Morgan fingerprint density at radius 1 is 1.35 bits per heavy atom. The van der Waals surface area contributed by atoms with Crippen LogP contribution in [0.4, 0.5) is 9.18 Å². The summed E-state index contributed by atoms with van der Waals surface area (Å²) in [5.74, 6) is -0.941. The maximum atomic E-state index is 13.7. The molecule has 1 unspecified atom stereocenters. The third-order valence-corrected chi connectivity index (χ3v) is 2.61. The number of benzene rings is 1. The lowest BCUT2D eigenvalue weighted by Gasteiger charge is -2.15. The van der Waals surface area contributed by atoms with Crippen molar-refractivity contribution < 1.29 is 18.7 Å². The molecule has 1 aromatic carbocycles. The van der Waals surface area contributed by atoms with Gasteiger partial charge in [-0.15, -0.1) is 0 Å². The molecule has 2 atom stereocenters. The summed E-state index contributed by atoms with van der Waals surface area (Å²) in [6, 6.07) is 3.11. The van der Waals surface area contributed by atoms with Crippen molar-refractivity contribution in [3.05, 3.63) is 29.6 Å². The number of urea groups is 1. The standard InChI is InChI=1S/C13H18FN3O3/c1-7(15)10-5-4-9(6-11(10)14)20-8(2)12(18)17-13(19)16-3/h4-8H,15H2,1-3H3,(H2,16,17,18,19)/t7-,8?/m1/s1. The summed E-state index contributed by atoms with van der Waals surface area (Å²) >= 11 is 0. The summed E-state index contributed by atoms with van der Waals surface area (Å²) in [4.78, 5) is 22.5. The van der Waals surface area contributed by atoms with Crippen LogP contribution in [-0.2, 0) is 4.79 Å². The lowest BCUT2D eigenvalue weighted by atomic mass is 10.1. The molecule has 1 rings (SSSR count). The molecule has 0 aliphatic carbocycles. The van der Waals surface area contributed by atoms with Crippen LogP contribution in [0.5, 0.6) is 5.75 Å². The van der Waals surface area contributed by atoms with Gasteiger partial charge in [0, 0.05) is 24.7 Å². The Balaban J connectivity index is 2.71. The van der Waals surface area contributed by atoms with E-state index in [1.807, 2.05) is 0 Å². The second-order valence-electron chi connectivity index (χ2n) is 4.30. The number of rotatable bonds is 4. The van der Waals surface area contributed by atoms with E-state index >= 15 is 0 Å². The van der Waals surface area contributed by atoms with Crippen molar-refractivity contribution in [1.82, 2.24) is 10.6 Å². The van der Waals surface area contributed by atoms with Gasteiger partial charge in [0.05, 0.1) is 0 Å². The smallest absolute Gasteiger partial charge is 0.321 e. The van der Waals surface area contributed by atoms with Crippen LogP contribution >= 0.6 is 0 Å². The van der Waals surface area contributed by atoms with Crippen molar-refractivity contribution in [1.29, 1.82) is 0 Å². The lowest BCUT2D eigenvalue weighted by molar-refractivity contribution is -0.126. The van der Waals surface area contributed by atoms with Crippen molar-refractivity contribution in [2.45, 2.75) is 26.0 Å². The zero-order valence-electron chi connectivity index (χ0n) is 11.6. The van der Waals surface area contributed by atoms with Gasteiger partial charge < -0.3 is 15.8 Å². The van der Waals surface area contributed by atoms with Crippen molar-refractivity contribution in [3.63, 3.8) is 0 Å². The summed E-state index contributed by atoms with van der Waals surface area (Å²) in [7, 11) is 1.39. The largest absolute Gasteiger partial charge is 0.481 e. The number of carbonyl (C=O) groups excluding carboxylic acids is 2. The molecule has 0 aliphatic rings. The Bertz CT molecular complexity index is 506. The lowest BCUT2D eigenvalue weighted by Crippen LogP contribution is -2.43. The minimum atomic E-state index is -0.937. The molecule has 6 nitrogen and oxygen atoms in total. The Kier molecular flexibility index (Phi) is 5.45. The normalized spacial score (nSPS) is 13.2. The summed E-state index contributed by atoms with van der Waals surface area (Å²) in [6.07, 6.45) is -0.937. The molecule has 0 aromatic heterocycles. The molecule has 4 N–H and O–H groups in total. The van der Waals surface area contributed by atoms with Crippen LogP contribution in [0.3, 0.4) is 0 Å². The molecule has 110 valence electrons. The van der Waals surface area contributed by atoms with Gasteiger partial charge in [0.15, 0.2) is 6.10 Å². The number of imide groups is 1. The van der Waals surface area contributed by atoms with Gasteiger partial charge in [-0.25, -0.2) is 9.18 Å². The third-order valence-electron chi connectivity index (χ3n) is 2.61. The van der Waals surface area contributed by atoms with E-state index in [0.717, 1.165) is 6.07 Å². The minimum absolute atomic E-state index is 0.187. The van der Waals surface area contributed by atoms with Crippen LogP contribution in [0.2, 0.25) is 0 Å². The van der Waals surface area contributed by atoms with Crippen molar-refractivity contribution >= 4 is 11.9 Å². The van der Waals surface area contributed by atoms with E-state index in [0.29, 0.717) is 5.56 Å². The highest BCUT2D eigenvalue weighted by Gasteiger charge is 2.17. The van der Waals surface area contributed by atoms with Crippen LogP contribution in [-0.4, -0.2) is 25.1 Å². The fourth-order valence-electron chi connectivity index (χ4n) is 1.48. The summed E-state index contributed by atoms with van der Waals surface area (Å²) in [6.45, 7) is 3.12. The number of hydrogen-bond donors (Lipinski definition) is 3. The third kappa shape index (κ3) is 4.20. The monoisotopic (exact) mass is 283 g/mol. The van der Waals surface area contributed by atoms with E-state index < -0.39 is 29.9 Å². The van der Waals surface area contributed by atoms with Gasteiger partial charge in [0.1, 0.15) is 11.6 Å². The molecular formula is C13H18FN3O3. The Hall–Kier alpha value is -2.15. The van der Waals surface area contributed by atoms with E-state index in [1.165, 1.54) is 26.1 Å². The van der Waals surface area contributed by atoms with Gasteiger partial charge >= 0.3 is 6.03 Å². The molecule has 0 aliphatic heterocycles. The topological polar surface area (TPSA) is 93.5 Å². The van der Waals surface area contributed by atoms with Gasteiger partial charge in [-0.3, -0.25) is 10.1 Å². The number of hydrogen-bond acceptors (Lipinski definition) is 4. The summed E-state index contributed by atoms with van der Waals surface area (Å²) in [5.41, 5.74) is 5.96. The summed E-state index contributed by atoms with van der Waals surface area (Å²) in [5, 5.41) is 4.31. The number of amides is 3. The molecule has 0 fully saturated rings. The van der Waals surface area contributed by atoms with Crippen LogP contribution in [0, 0.1) is 5.82 Å². The Morgan fingerprint density at radius 3 is 2.50 bits per heavy atom. The van der Waals surface area contributed by atoms with Crippen LogP contribution in [0.1, 0.15) is 25.5 Å². The first kappa shape index (κ1) is 15.9. The van der Waals surface area contributed by atoms with Gasteiger partial charge in [-0.1, -0.05) is 6.07 Å². The number of nitrogens with one attached hydrogen (secondary N) is 2. The fraction of sp³-hybridized carbons (Fsp3) is 0.385. The highest BCUT2D eigenvalue weighted by atomic mass is 19.1. The zero-order chi connectivity index (χ0) is 15.3. The van der Waals surface area contributed by atoms with Crippen LogP contribution < -0.4 is 21.1 Å². The van der Waals surface area contributed by atoms with E-state index in [-0.39, 0.29) is 5.75 Å². The quantitative estimate of drug-likeness (QED) is 0.770. The average Bonchev–Trinajstić information content (AvgIpc) is 2.37. The fourth-order valence-corrected chi connectivity index (χ4v) is 1.48. The number of halogens is 1. The predicted octanol–water partition coefficient (Wildman–Crippen LogP) is 1.07. The molecule has 3 amide bonds. The molecule has 0 bridgehead atoms. The van der Waals surface area contributed by atoms with Crippen LogP contribution in [0.15, 0.2) is 18.2 Å². The molecule has 7 heteroatoms.